The zero-order valence-corrected chi connectivity index (χ0v) is 17.8. The van der Waals surface area contributed by atoms with E-state index in [0.29, 0.717) is 17.7 Å². The molecule has 3 aromatic carbocycles. The van der Waals surface area contributed by atoms with E-state index in [1.165, 1.54) is 4.31 Å². The maximum absolute atomic E-state index is 13.2. The van der Waals surface area contributed by atoms with Gasteiger partial charge in [0.2, 0.25) is 0 Å². The SMILES string of the molecule is C[C@H](NC(=O)c1ccc2c(c1)C[C@@H](C)N2S(=O)(=O)c1ccccc1)c1ccccc1. The molecule has 0 aromatic heterocycles. The first-order chi connectivity index (χ1) is 14.4. The van der Waals surface area contributed by atoms with Crippen LogP contribution in [0.4, 0.5) is 5.69 Å². The minimum atomic E-state index is -3.66. The van der Waals surface area contributed by atoms with E-state index in [1.54, 1.807) is 48.5 Å². The predicted octanol–water partition coefficient (Wildman–Crippen LogP) is 4.32. The third-order valence-corrected chi connectivity index (χ3v) is 7.38. The third-order valence-electron chi connectivity index (χ3n) is 5.44. The van der Waals surface area contributed by atoms with Crippen molar-refractivity contribution >= 4 is 21.6 Å². The number of hydrogen-bond donors (Lipinski definition) is 1. The molecular formula is C24H24N2O3S. The highest BCUT2D eigenvalue weighted by Gasteiger charge is 2.36. The van der Waals surface area contributed by atoms with Gasteiger partial charge >= 0.3 is 0 Å². The van der Waals surface area contributed by atoms with Crippen molar-refractivity contribution in [2.24, 2.45) is 0 Å². The average molecular weight is 421 g/mol. The summed E-state index contributed by atoms with van der Waals surface area (Å²) < 4.78 is 27.8. The van der Waals surface area contributed by atoms with Crippen LogP contribution >= 0.6 is 0 Å². The summed E-state index contributed by atoms with van der Waals surface area (Å²) in [5, 5.41) is 3.01. The van der Waals surface area contributed by atoms with Gasteiger partial charge in [-0.1, -0.05) is 48.5 Å². The number of sulfonamides is 1. The van der Waals surface area contributed by atoms with Crippen molar-refractivity contribution in [3.8, 4) is 0 Å². The van der Waals surface area contributed by atoms with Crippen molar-refractivity contribution in [3.05, 3.63) is 95.6 Å². The van der Waals surface area contributed by atoms with Gasteiger partial charge in [0.1, 0.15) is 0 Å². The van der Waals surface area contributed by atoms with Gasteiger partial charge in [-0.2, -0.15) is 0 Å². The van der Waals surface area contributed by atoms with Gasteiger partial charge in [-0.25, -0.2) is 8.42 Å². The highest BCUT2D eigenvalue weighted by Crippen LogP contribution is 2.37. The van der Waals surface area contributed by atoms with Crippen molar-refractivity contribution in [1.29, 1.82) is 0 Å². The maximum atomic E-state index is 13.2. The largest absolute Gasteiger partial charge is 0.346 e. The van der Waals surface area contributed by atoms with Gasteiger partial charge in [0.15, 0.2) is 0 Å². The molecule has 0 fully saturated rings. The van der Waals surface area contributed by atoms with Crippen LogP contribution in [0.15, 0.2) is 83.8 Å². The first-order valence-corrected chi connectivity index (χ1v) is 11.4. The van der Waals surface area contributed by atoms with Crippen LogP contribution in [0.5, 0.6) is 0 Å². The van der Waals surface area contributed by atoms with Crippen LogP contribution in [0.2, 0.25) is 0 Å². The van der Waals surface area contributed by atoms with Crippen molar-refractivity contribution in [3.63, 3.8) is 0 Å². The number of rotatable bonds is 5. The van der Waals surface area contributed by atoms with Gasteiger partial charge in [0, 0.05) is 11.6 Å². The Kier molecular flexibility index (Phi) is 5.35. The molecule has 0 radical (unpaired) electrons. The number of nitrogens with zero attached hydrogens (tertiary/aromatic N) is 1. The Balaban J connectivity index is 1.59. The molecule has 0 bridgehead atoms. The van der Waals surface area contributed by atoms with Gasteiger partial charge in [-0.15, -0.1) is 0 Å². The molecule has 0 saturated carbocycles. The Bertz CT molecular complexity index is 1160. The molecule has 154 valence electrons. The van der Waals surface area contributed by atoms with Gasteiger partial charge in [-0.05, 0) is 61.7 Å². The number of anilines is 1. The Morgan fingerprint density at radius 2 is 1.63 bits per heavy atom. The Morgan fingerprint density at radius 1 is 1.00 bits per heavy atom. The number of nitrogens with one attached hydrogen (secondary N) is 1. The molecule has 0 aliphatic carbocycles. The number of benzene rings is 3. The average Bonchev–Trinajstić information content (AvgIpc) is 3.10. The molecular weight excluding hydrogens is 396 g/mol. The molecule has 5 nitrogen and oxygen atoms in total. The van der Waals surface area contributed by atoms with Crippen LogP contribution in [0.25, 0.3) is 0 Å². The van der Waals surface area contributed by atoms with E-state index in [9.17, 15) is 13.2 Å². The highest BCUT2D eigenvalue weighted by molar-refractivity contribution is 7.92. The monoisotopic (exact) mass is 420 g/mol. The van der Waals surface area contributed by atoms with E-state index in [4.69, 9.17) is 0 Å². The third kappa shape index (κ3) is 3.71. The van der Waals surface area contributed by atoms with Crippen molar-refractivity contribution < 1.29 is 13.2 Å². The number of carbonyl (C=O) groups is 1. The maximum Gasteiger partial charge on any atom is 0.264 e. The zero-order chi connectivity index (χ0) is 21.3. The molecule has 6 heteroatoms. The van der Waals surface area contributed by atoms with E-state index in [0.717, 1.165) is 11.1 Å². The summed E-state index contributed by atoms with van der Waals surface area (Å²) in [5.74, 6) is -0.175. The standard InChI is InChI=1S/C24H24N2O3S/c1-17-15-21-16-20(24(27)25-18(2)19-9-5-3-6-10-19)13-14-23(21)26(17)30(28,29)22-11-7-4-8-12-22/h3-14,16-18H,15H2,1-2H3,(H,25,27)/t17-,18+/m1/s1. The summed E-state index contributed by atoms with van der Waals surface area (Å²) in [6, 6.07) is 23.1. The van der Waals surface area contributed by atoms with E-state index in [2.05, 4.69) is 5.32 Å². The normalized spacial score (nSPS) is 16.7. The minimum Gasteiger partial charge on any atom is -0.346 e. The van der Waals surface area contributed by atoms with Gasteiger partial charge in [-0.3, -0.25) is 9.10 Å². The molecule has 4 rings (SSSR count). The number of hydrogen-bond acceptors (Lipinski definition) is 3. The summed E-state index contributed by atoms with van der Waals surface area (Å²) in [6.07, 6.45) is 0.566. The lowest BCUT2D eigenvalue weighted by molar-refractivity contribution is 0.0940. The number of carbonyl (C=O) groups excluding carboxylic acids is 1. The summed E-state index contributed by atoms with van der Waals surface area (Å²) in [7, 11) is -3.66. The second-order valence-corrected chi connectivity index (χ2v) is 9.43. The van der Waals surface area contributed by atoms with Crippen LogP contribution in [0, 0.1) is 0 Å². The minimum absolute atomic E-state index is 0.124. The summed E-state index contributed by atoms with van der Waals surface area (Å²) in [4.78, 5) is 13.0. The Labute approximate surface area is 177 Å². The molecule has 1 amide bonds. The Hall–Kier alpha value is -3.12. The second-order valence-electron chi connectivity index (χ2n) is 7.62. The predicted molar refractivity (Wildman–Crippen MR) is 118 cm³/mol. The molecule has 1 aliphatic heterocycles. The number of fused-ring (bicyclic) bond motifs is 1. The van der Waals surface area contributed by atoms with Crippen LogP contribution in [-0.4, -0.2) is 20.4 Å². The molecule has 0 spiro atoms. The molecule has 1 aliphatic rings. The van der Waals surface area contributed by atoms with E-state index < -0.39 is 10.0 Å². The Morgan fingerprint density at radius 3 is 2.30 bits per heavy atom. The van der Waals surface area contributed by atoms with E-state index in [1.807, 2.05) is 44.2 Å². The fraction of sp³-hybridized carbons (Fsp3) is 0.208. The number of amides is 1. The quantitative estimate of drug-likeness (QED) is 0.669. The molecule has 1 N–H and O–H groups in total. The van der Waals surface area contributed by atoms with E-state index >= 15 is 0 Å². The molecule has 2 atom stereocenters. The van der Waals surface area contributed by atoms with Gasteiger partial charge in [0.05, 0.1) is 16.6 Å². The first-order valence-electron chi connectivity index (χ1n) is 9.96. The molecule has 3 aromatic rings. The lowest BCUT2D eigenvalue weighted by Crippen LogP contribution is -2.35. The lowest BCUT2D eigenvalue weighted by Gasteiger charge is -2.24. The molecule has 0 saturated heterocycles. The molecule has 0 unspecified atom stereocenters. The zero-order valence-electron chi connectivity index (χ0n) is 16.9. The topological polar surface area (TPSA) is 66.5 Å². The van der Waals surface area contributed by atoms with Crippen molar-refractivity contribution in [2.45, 2.75) is 37.2 Å². The van der Waals surface area contributed by atoms with Gasteiger partial charge in [0.25, 0.3) is 15.9 Å². The smallest absolute Gasteiger partial charge is 0.264 e. The van der Waals surface area contributed by atoms with Crippen molar-refractivity contribution in [2.75, 3.05) is 4.31 Å². The highest BCUT2D eigenvalue weighted by atomic mass is 32.2. The fourth-order valence-electron chi connectivity index (χ4n) is 3.92. The van der Waals surface area contributed by atoms with Crippen LogP contribution in [0.1, 0.15) is 41.4 Å². The summed E-state index contributed by atoms with van der Waals surface area (Å²) in [6.45, 7) is 3.83. The lowest BCUT2D eigenvalue weighted by atomic mass is 10.0. The van der Waals surface area contributed by atoms with Gasteiger partial charge < -0.3 is 5.32 Å². The molecule has 30 heavy (non-hydrogen) atoms. The van der Waals surface area contributed by atoms with Crippen LogP contribution in [0.3, 0.4) is 0 Å². The van der Waals surface area contributed by atoms with Crippen LogP contribution in [-0.2, 0) is 16.4 Å². The first kappa shape index (κ1) is 20.2. The van der Waals surface area contributed by atoms with E-state index in [-0.39, 0.29) is 22.9 Å². The second kappa shape index (κ2) is 7.95. The molecule has 1 heterocycles. The fourth-order valence-corrected chi connectivity index (χ4v) is 5.63. The van der Waals surface area contributed by atoms with Crippen molar-refractivity contribution in [1.82, 2.24) is 5.32 Å². The summed E-state index contributed by atoms with van der Waals surface area (Å²) >= 11 is 0. The van der Waals surface area contributed by atoms with Crippen LogP contribution < -0.4 is 9.62 Å². The summed E-state index contributed by atoms with van der Waals surface area (Å²) in [5.41, 5.74) is 3.06.